The summed E-state index contributed by atoms with van der Waals surface area (Å²) in [5, 5.41) is 2.78. The van der Waals surface area contributed by atoms with Crippen molar-refractivity contribution in [1.29, 1.82) is 0 Å². The first-order valence-corrected chi connectivity index (χ1v) is 5.55. The zero-order chi connectivity index (χ0) is 12.2. The van der Waals surface area contributed by atoms with E-state index in [1.807, 2.05) is 32.9 Å². The van der Waals surface area contributed by atoms with Gasteiger partial charge in [-0.15, -0.1) is 0 Å². The molecule has 1 aromatic rings. The SMILES string of the molecule is CCC(N)(CC)C(=O)Nc1ncccc1C. The molecule has 1 aromatic heterocycles. The van der Waals surface area contributed by atoms with Crippen LogP contribution in [0.4, 0.5) is 5.82 Å². The molecule has 0 aliphatic carbocycles. The molecule has 88 valence electrons. The summed E-state index contributed by atoms with van der Waals surface area (Å²) >= 11 is 0. The monoisotopic (exact) mass is 221 g/mol. The molecule has 0 aromatic carbocycles. The van der Waals surface area contributed by atoms with Crippen LogP contribution in [0.1, 0.15) is 32.3 Å². The van der Waals surface area contributed by atoms with Gasteiger partial charge in [-0.1, -0.05) is 19.9 Å². The lowest BCUT2D eigenvalue weighted by atomic mass is 9.93. The van der Waals surface area contributed by atoms with E-state index in [1.54, 1.807) is 6.20 Å². The van der Waals surface area contributed by atoms with E-state index in [1.165, 1.54) is 0 Å². The van der Waals surface area contributed by atoms with Gasteiger partial charge in [-0.05, 0) is 31.4 Å². The first kappa shape index (κ1) is 12.6. The van der Waals surface area contributed by atoms with Gasteiger partial charge in [0.1, 0.15) is 5.82 Å². The Morgan fingerprint density at radius 2 is 2.12 bits per heavy atom. The summed E-state index contributed by atoms with van der Waals surface area (Å²) in [5.74, 6) is 0.420. The van der Waals surface area contributed by atoms with E-state index in [0.29, 0.717) is 18.7 Å². The Morgan fingerprint density at radius 1 is 1.50 bits per heavy atom. The minimum Gasteiger partial charge on any atom is -0.317 e. The number of carbonyl (C=O) groups is 1. The third kappa shape index (κ3) is 2.58. The number of nitrogens with one attached hydrogen (secondary N) is 1. The molecule has 1 heterocycles. The number of nitrogens with zero attached hydrogens (tertiary/aromatic N) is 1. The van der Waals surface area contributed by atoms with Crippen LogP contribution in [0.25, 0.3) is 0 Å². The van der Waals surface area contributed by atoms with Crippen LogP contribution in [0, 0.1) is 6.92 Å². The molecule has 0 bridgehead atoms. The first-order valence-electron chi connectivity index (χ1n) is 5.55. The summed E-state index contributed by atoms with van der Waals surface area (Å²) < 4.78 is 0. The van der Waals surface area contributed by atoms with Crippen LogP contribution in [-0.2, 0) is 4.79 Å². The van der Waals surface area contributed by atoms with Gasteiger partial charge in [0.05, 0.1) is 5.54 Å². The number of nitrogens with two attached hydrogens (primary N) is 1. The highest BCUT2D eigenvalue weighted by molar-refractivity contribution is 5.97. The molecule has 0 spiro atoms. The fourth-order valence-corrected chi connectivity index (χ4v) is 1.42. The number of hydrogen-bond acceptors (Lipinski definition) is 3. The molecular weight excluding hydrogens is 202 g/mol. The first-order chi connectivity index (χ1) is 7.53. The summed E-state index contributed by atoms with van der Waals surface area (Å²) in [5.41, 5.74) is 6.13. The van der Waals surface area contributed by atoms with Gasteiger partial charge in [-0.3, -0.25) is 4.79 Å². The van der Waals surface area contributed by atoms with Crippen molar-refractivity contribution in [2.24, 2.45) is 5.73 Å². The van der Waals surface area contributed by atoms with Crippen LogP contribution in [0.5, 0.6) is 0 Å². The molecule has 1 rings (SSSR count). The zero-order valence-corrected chi connectivity index (χ0v) is 10.1. The summed E-state index contributed by atoms with van der Waals surface area (Å²) in [6.45, 7) is 5.72. The Kier molecular flexibility index (Phi) is 4.01. The maximum atomic E-state index is 12.0. The lowest BCUT2D eigenvalue weighted by molar-refractivity contribution is -0.121. The molecule has 0 fully saturated rings. The molecule has 0 aliphatic heterocycles. The lowest BCUT2D eigenvalue weighted by Gasteiger charge is -2.25. The molecule has 4 nitrogen and oxygen atoms in total. The highest BCUT2D eigenvalue weighted by atomic mass is 16.2. The van der Waals surface area contributed by atoms with Gasteiger partial charge < -0.3 is 11.1 Å². The maximum Gasteiger partial charge on any atom is 0.245 e. The number of carbonyl (C=O) groups excluding carboxylic acids is 1. The summed E-state index contributed by atoms with van der Waals surface area (Å²) in [4.78, 5) is 16.1. The number of aromatic nitrogens is 1. The minimum absolute atomic E-state index is 0.167. The van der Waals surface area contributed by atoms with Crippen molar-refractivity contribution >= 4 is 11.7 Å². The average Bonchev–Trinajstić information content (AvgIpc) is 2.31. The van der Waals surface area contributed by atoms with Crippen LogP contribution in [0.3, 0.4) is 0 Å². The zero-order valence-electron chi connectivity index (χ0n) is 10.1. The summed E-state index contributed by atoms with van der Waals surface area (Å²) in [7, 11) is 0. The number of amides is 1. The van der Waals surface area contributed by atoms with Gasteiger partial charge in [-0.2, -0.15) is 0 Å². The van der Waals surface area contributed by atoms with E-state index in [9.17, 15) is 4.79 Å². The van der Waals surface area contributed by atoms with E-state index < -0.39 is 5.54 Å². The molecule has 4 heteroatoms. The van der Waals surface area contributed by atoms with Crippen molar-refractivity contribution in [3.8, 4) is 0 Å². The smallest absolute Gasteiger partial charge is 0.245 e. The quantitative estimate of drug-likeness (QED) is 0.815. The van der Waals surface area contributed by atoms with Crippen LogP contribution in [-0.4, -0.2) is 16.4 Å². The third-order valence-corrected chi connectivity index (χ3v) is 2.96. The molecule has 3 N–H and O–H groups in total. The van der Waals surface area contributed by atoms with Crippen LogP contribution in [0.15, 0.2) is 18.3 Å². The van der Waals surface area contributed by atoms with Crippen molar-refractivity contribution in [1.82, 2.24) is 4.98 Å². The standard InChI is InChI=1S/C12H19N3O/c1-4-12(13,5-2)11(16)15-10-9(3)7-6-8-14-10/h6-8H,4-5,13H2,1-3H3,(H,14,15,16). The molecule has 1 amide bonds. The molecule has 0 atom stereocenters. The predicted molar refractivity (Wildman–Crippen MR) is 65.1 cm³/mol. The van der Waals surface area contributed by atoms with Crippen molar-refractivity contribution < 1.29 is 4.79 Å². The Hall–Kier alpha value is -1.42. The van der Waals surface area contributed by atoms with Gasteiger partial charge in [-0.25, -0.2) is 4.98 Å². The summed E-state index contributed by atoms with van der Waals surface area (Å²) in [6.07, 6.45) is 2.88. The van der Waals surface area contributed by atoms with Crippen LogP contribution < -0.4 is 11.1 Å². The number of pyridine rings is 1. The van der Waals surface area contributed by atoms with Crippen LogP contribution >= 0.6 is 0 Å². The van der Waals surface area contributed by atoms with E-state index in [2.05, 4.69) is 10.3 Å². The van der Waals surface area contributed by atoms with Gasteiger partial charge >= 0.3 is 0 Å². The molecule has 0 aliphatic rings. The lowest BCUT2D eigenvalue weighted by Crippen LogP contribution is -2.50. The number of aryl methyl sites for hydroxylation is 1. The second kappa shape index (κ2) is 5.07. The second-order valence-corrected chi connectivity index (χ2v) is 3.99. The fourth-order valence-electron chi connectivity index (χ4n) is 1.42. The van der Waals surface area contributed by atoms with Crippen molar-refractivity contribution in [3.63, 3.8) is 0 Å². The summed E-state index contributed by atoms with van der Waals surface area (Å²) in [6, 6.07) is 3.74. The molecule has 0 saturated heterocycles. The van der Waals surface area contributed by atoms with Gasteiger partial charge in [0, 0.05) is 6.20 Å². The van der Waals surface area contributed by atoms with Crippen molar-refractivity contribution in [3.05, 3.63) is 23.9 Å². The number of rotatable bonds is 4. The molecule has 0 unspecified atom stereocenters. The Labute approximate surface area is 96.3 Å². The normalized spacial score (nSPS) is 11.2. The molecular formula is C12H19N3O. The molecule has 16 heavy (non-hydrogen) atoms. The minimum atomic E-state index is -0.802. The fraction of sp³-hybridized carbons (Fsp3) is 0.500. The highest BCUT2D eigenvalue weighted by Gasteiger charge is 2.30. The predicted octanol–water partition coefficient (Wildman–Crippen LogP) is 1.85. The van der Waals surface area contributed by atoms with E-state index in [4.69, 9.17) is 5.73 Å². The molecule has 0 saturated carbocycles. The van der Waals surface area contributed by atoms with Crippen molar-refractivity contribution in [2.75, 3.05) is 5.32 Å². The molecule has 0 radical (unpaired) electrons. The Bertz CT molecular complexity index is 372. The van der Waals surface area contributed by atoms with Gasteiger partial charge in [0.2, 0.25) is 5.91 Å². The Balaban J connectivity index is 2.83. The highest BCUT2D eigenvalue weighted by Crippen LogP contribution is 2.16. The number of hydrogen-bond donors (Lipinski definition) is 2. The topological polar surface area (TPSA) is 68.0 Å². The van der Waals surface area contributed by atoms with E-state index in [0.717, 1.165) is 5.56 Å². The average molecular weight is 221 g/mol. The maximum absolute atomic E-state index is 12.0. The largest absolute Gasteiger partial charge is 0.317 e. The van der Waals surface area contributed by atoms with Gasteiger partial charge in [0.25, 0.3) is 0 Å². The van der Waals surface area contributed by atoms with Gasteiger partial charge in [0.15, 0.2) is 0 Å². The van der Waals surface area contributed by atoms with E-state index >= 15 is 0 Å². The van der Waals surface area contributed by atoms with E-state index in [-0.39, 0.29) is 5.91 Å². The van der Waals surface area contributed by atoms with Crippen molar-refractivity contribution in [2.45, 2.75) is 39.2 Å². The number of anilines is 1. The third-order valence-electron chi connectivity index (χ3n) is 2.96. The Morgan fingerprint density at radius 3 is 2.62 bits per heavy atom. The second-order valence-electron chi connectivity index (χ2n) is 3.99. The van der Waals surface area contributed by atoms with Crippen LogP contribution in [0.2, 0.25) is 0 Å².